The third-order valence-corrected chi connectivity index (χ3v) is 4.03. The Morgan fingerprint density at radius 2 is 1.94 bits per heavy atom. The summed E-state index contributed by atoms with van der Waals surface area (Å²) in [6.07, 6.45) is 1.06. The second-order valence-corrected chi connectivity index (χ2v) is 6.28. The first-order chi connectivity index (χ1) is 7.23. The van der Waals surface area contributed by atoms with Gasteiger partial charge in [0.2, 0.25) is 0 Å². The molecule has 0 bridgehead atoms. The molecular formula is C11H15NO3S. The lowest BCUT2D eigenvalue weighted by Gasteiger charge is -2.10. The maximum absolute atomic E-state index is 11.9. The van der Waals surface area contributed by atoms with Gasteiger partial charge in [-0.2, -0.15) is 0 Å². The molecule has 4 nitrogen and oxygen atoms in total. The van der Waals surface area contributed by atoms with Crippen molar-refractivity contribution in [3.8, 4) is 0 Å². The fraction of sp³-hybridized carbons (Fsp3) is 0.364. The Balaban J connectivity index is 3.16. The van der Waals surface area contributed by atoms with E-state index >= 15 is 0 Å². The normalized spacial score (nSPS) is 13.4. The molecule has 0 saturated carbocycles. The number of hydrogen-bond donors (Lipinski definition) is 1. The Labute approximate surface area is 95.4 Å². The molecule has 0 saturated heterocycles. The number of sulfone groups is 1. The summed E-state index contributed by atoms with van der Waals surface area (Å²) in [6, 6.07) is 4.81. The number of Topliss-reactive ketones (excluding diaryl/α,β-unsaturated/α-hetero) is 1. The Bertz CT molecular complexity index is 520. The molecule has 16 heavy (non-hydrogen) atoms. The van der Waals surface area contributed by atoms with Crippen molar-refractivity contribution in [2.75, 3.05) is 12.0 Å². The molecule has 0 aliphatic heterocycles. The van der Waals surface area contributed by atoms with E-state index in [1.165, 1.54) is 6.92 Å². The van der Waals surface area contributed by atoms with Gasteiger partial charge in [-0.15, -0.1) is 0 Å². The Morgan fingerprint density at radius 1 is 1.38 bits per heavy atom. The predicted octanol–water partition coefficient (Wildman–Crippen LogP) is 1.19. The van der Waals surface area contributed by atoms with Crippen LogP contribution in [0.4, 0.5) is 5.69 Å². The highest BCUT2D eigenvalue weighted by Crippen LogP contribution is 2.16. The summed E-state index contributed by atoms with van der Waals surface area (Å²) in [5, 5.41) is -1.02. The monoisotopic (exact) mass is 241 g/mol. The minimum Gasteiger partial charge on any atom is -0.399 e. The standard InChI is InChI=1S/C11H15NO3S/c1-7-6-9(12)4-5-10(7)11(13)8(2)16(3,14)15/h4-6,8H,12H2,1-3H3. The van der Waals surface area contributed by atoms with Crippen molar-refractivity contribution in [2.45, 2.75) is 19.1 Å². The van der Waals surface area contributed by atoms with E-state index in [4.69, 9.17) is 5.73 Å². The lowest BCUT2D eigenvalue weighted by molar-refractivity contribution is 0.0991. The maximum atomic E-state index is 11.9. The Hall–Kier alpha value is -1.36. The molecule has 1 unspecified atom stereocenters. The molecule has 0 aliphatic carbocycles. The SMILES string of the molecule is Cc1cc(N)ccc1C(=O)C(C)S(C)(=O)=O. The van der Waals surface area contributed by atoms with E-state index < -0.39 is 15.1 Å². The zero-order valence-electron chi connectivity index (χ0n) is 9.52. The number of benzene rings is 1. The van der Waals surface area contributed by atoms with Crippen molar-refractivity contribution in [1.82, 2.24) is 0 Å². The van der Waals surface area contributed by atoms with Gasteiger partial charge in [-0.25, -0.2) is 8.42 Å². The van der Waals surface area contributed by atoms with Gasteiger partial charge in [0.1, 0.15) is 5.25 Å². The Kier molecular flexibility index (Phi) is 3.38. The van der Waals surface area contributed by atoms with Gasteiger partial charge >= 0.3 is 0 Å². The number of nitrogens with two attached hydrogens (primary N) is 1. The van der Waals surface area contributed by atoms with Crippen LogP contribution in [0, 0.1) is 6.92 Å². The molecular weight excluding hydrogens is 226 g/mol. The fourth-order valence-electron chi connectivity index (χ4n) is 1.38. The zero-order chi connectivity index (χ0) is 12.5. The minimum atomic E-state index is -3.36. The van der Waals surface area contributed by atoms with Crippen LogP contribution in [-0.4, -0.2) is 25.7 Å². The van der Waals surface area contributed by atoms with E-state index in [1.54, 1.807) is 25.1 Å². The largest absolute Gasteiger partial charge is 0.399 e. The molecule has 2 N–H and O–H groups in total. The second kappa shape index (κ2) is 4.25. The Morgan fingerprint density at radius 3 is 2.38 bits per heavy atom. The molecule has 0 heterocycles. The summed E-state index contributed by atoms with van der Waals surface area (Å²) in [7, 11) is -3.36. The molecule has 0 radical (unpaired) electrons. The number of rotatable bonds is 3. The molecule has 0 amide bonds. The van der Waals surface area contributed by atoms with E-state index in [-0.39, 0.29) is 5.78 Å². The molecule has 5 heteroatoms. The number of carbonyl (C=O) groups excluding carboxylic acids is 1. The van der Waals surface area contributed by atoms with Crippen molar-refractivity contribution >= 4 is 21.3 Å². The topological polar surface area (TPSA) is 77.2 Å². The van der Waals surface area contributed by atoms with Gasteiger partial charge in [-0.05, 0) is 37.6 Å². The highest BCUT2D eigenvalue weighted by Gasteiger charge is 2.25. The fourth-order valence-corrected chi connectivity index (χ4v) is 1.89. The molecule has 0 fully saturated rings. The highest BCUT2D eigenvalue weighted by molar-refractivity contribution is 7.92. The van der Waals surface area contributed by atoms with E-state index in [9.17, 15) is 13.2 Å². The van der Waals surface area contributed by atoms with Crippen LogP contribution in [0.25, 0.3) is 0 Å². The summed E-state index contributed by atoms with van der Waals surface area (Å²) in [5.74, 6) is -0.389. The molecule has 0 spiro atoms. The summed E-state index contributed by atoms with van der Waals surface area (Å²) in [4.78, 5) is 11.9. The van der Waals surface area contributed by atoms with Crippen LogP contribution in [-0.2, 0) is 9.84 Å². The first kappa shape index (κ1) is 12.7. The summed E-state index contributed by atoms with van der Waals surface area (Å²) >= 11 is 0. The van der Waals surface area contributed by atoms with Crippen LogP contribution < -0.4 is 5.73 Å². The van der Waals surface area contributed by atoms with E-state index in [1.807, 2.05) is 0 Å². The molecule has 0 aliphatic rings. The summed E-state index contributed by atoms with van der Waals surface area (Å²) in [6.45, 7) is 3.13. The van der Waals surface area contributed by atoms with Gasteiger partial charge in [0.05, 0.1) is 0 Å². The third-order valence-electron chi connectivity index (χ3n) is 2.53. The van der Waals surface area contributed by atoms with Crippen molar-refractivity contribution in [3.05, 3.63) is 29.3 Å². The van der Waals surface area contributed by atoms with E-state index in [2.05, 4.69) is 0 Å². The van der Waals surface area contributed by atoms with Crippen LogP contribution >= 0.6 is 0 Å². The zero-order valence-corrected chi connectivity index (χ0v) is 10.3. The van der Waals surface area contributed by atoms with E-state index in [0.29, 0.717) is 16.8 Å². The molecule has 1 aromatic carbocycles. The van der Waals surface area contributed by atoms with Gasteiger partial charge in [-0.3, -0.25) is 4.79 Å². The third kappa shape index (κ3) is 2.61. The van der Waals surface area contributed by atoms with Gasteiger partial charge in [0, 0.05) is 17.5 Å². The molecule has 1 rings (SSSR count). The lowest BCUT2D eigenvalue weighted by atomic mass is 10.0. The number of aryl methyl sites for hydroxylation is 1. The number of anilines is 1. The van der Waals surface area contributed by atoms with Gasteiger partial charge in [0.15, 0.2) is 15.6 Å². The van der Waals surface area contributed by atoms with Crippen LogP contribution in [0.2, 0.25) is 0 Å². The number of ketones is 1. The van der Waals surface area contributed by atoms with Crippen LogP contribution in [0.15, 0.2) is 18.2 Å². The quantitative estimate of drug-likeness (QED) is 0.637. The van der Waals surface area contributed by atoms with Crippen molar-refractivity contribution < 1.29 is 13.2 Å². The molecule has 1 atom stereocenters. The summed E-state index contributed by atoms with van der Waals surface area (Å²) < 4.78 is 22.6. The van der Waals surface area contributed by atoms with Gasteiger partial charge in [-0.1, -0.05) is 0 Å². The lowest BCUT2D eigenvalue weighted by Crippen LogP contribution is -2.26. The molecule has 0 aromatic heterocycles. The predicted molar refractivity (Wildman–Crippen MR) is 64.2 cm³/mol. The molecule has 88 valence electrons. The van der Waals surface area contributed by atoms with Crippen LogP contribution in [0.5, 0.6) is 0 Å². The van der Waals surface area contributed by atoms with E-state index in [0.717, 1.165) is 6.26 Å². The average molecular weight is 241 g/mol. The van der Waals surface area contributed by atoms with Gasteiger partial charge < -0.3 is 5.73 Å². The smallest absolute Gasteiger partial charge is 0.180 e. The first-order valence-electron chi connectivity index (χ1n) is 4.82. The van der Waals surface area contributed by atoms with Crippen molar-refractivity contribution in [3.63, 3.8) is 0 Å². The first-order valence-corrected chi connectivity index (χ1v) is 6.78. The number of hydrogen-bond acceptors (Lipinski definition) is 4. The summed E-state index contributed by atoms with van der Waals surface area (Å²) in [5.41, 5.74) is 7.22. The molecule has 1 aromatic rings. The maximum Gasteiger partial charge on any atom is 0.180 e. The van der Waals surface area contributed by atoms with Gasteiger partial charge in [0.25, 0.3) is 0 Å². The van der Waals surface area contributed by atoms with Crippen LogP contribution in [0.1, 0.15) is 22.8 Å². The number of carbonyl (C=O) groups is 1. The average Bonchev–Trinajstić information content (AvgIpc) is 2.14. The number of nitrogen functional groups attached to an aromatic ring is 1. The van der Waals surface area contributed by atoms with Crippen LogP contribution in [0.3, 0.4) is 0 Å². The van der Waals surface area contributed by atoms with Crippen molar-refractivity contribution in [2.24, 2.45) is 0 Å². The minimum absolute atomic E-state index is 0.389. The van der Waals surface area contributed by atoms with Crippen molar-refractivity contribution in [1.29, 1.82) is 0 Å². The second-order valence-electron chi connectivity index (χ2n) is 3.91. The highest BCUT2D eigenvalue weighted by atomic mass is 32.2.